The van der Waals surface area contributed by atoms with E-state index in [2.05, 4.69) is 0 Å². The number of hydrogen-bond donors (Lipinski definition) is 1. The van der Waals surface area contributed by atoms with Gasteiger partial charge in [-0.1, -0.05) is 11.6 Å². The molecule has 0 spiro atoms. The molecule has 1 aliphatic rings. The summed E-state index contributed by atoms with van der Waals surface area (Å²) in [7, 11) is 0. The maximum Gasteiger partial charge on any atom is 0.305 e. The SMILES string of the molecule is N#Cc1ccc(N(CCC(=O)O)C2CC2)c(Cl)c1. The molecule has 0 aliphatic heterocycles. The van der Waals surface area contributed by atoms with Gasteiger partial charge in [-0.15, -0.1) is 0 Å². The summed E-state index contributed by atoms with van der Waals surface area (Å²) < 4.78 is 0. The van der Waals surface area contributed by atoms with Crippen LogP contribution in [0.2, 0.25) is 5.02 Å². The Balaban J connectivity index is 2.20. The number of halogens is 1. The molecule has 1 fully saturated rings. The maximum absolute atomic E-state index is 10.7. The van der Waals surface area contributed by atoms with Gasteiger partial charge in [0.25, 0.3) is 0 Å². The van der Waals surface area contributed by atoms with E-state index in [0.717, 1.165) is 18.5 Å². The monoisotopic (exact) mass is 264 g/mol. The van der Waals surface area contributed by atoms with E-state index in [4.69, 9.17) is 22.0 Å². The van der Waals surface area contributed by atoms with Gasteiger partial charge >= 0.3 is 5.97 Å². The molecule has 0 heterocycles. The van der Waals surface area contributed by atoms with Crippen LogP contribution in [-0.2, 0) is 4.79 Å². The Hall–Kier alpha value is -1.73. The highest BCUT2D eigenvalue weighted by molar-refractivity contribution is 6.33. The second-order valence-electron chi connectivity index (χ2n) is 4.35. The number of rotatable bonds is 5. The van der Waals surface area contributed by atoms with E-state index < -0.39 is 5.97 Å². The van der Waals surface area contributed by atoms with Crippen molar-refractivity contribution in [3.63, 3.8) is 0 Å². The first kappa shape index (κ1) is 12.7. The van der Waals surface area contributed by atoms with E-state index in [9.17, 15) is 4.79 Å². The van der Waals surface area contributed by atoms with Crippen LogP contribution in [-0.4, -0.2) is 23.7 Å². The lowest BCUT2D eigenvalue weighted by Gasteiger charge is -2.25. The van der Waals surface area contributed by atoms with Crippen LogP contribution in [0.25, 0.3) is 0 Å². The number of hydrogen-bond acceptors (Lipinski definition) is 3. The lowest BCUT2D eigenvalue weighted by Crippen LogP contribution is -2.28. The van der Waals surface area contributed by atoms with Gasteiger partial charge in [0.15, 0.2) is 0 Å². The van der Waals surface area contributed by atoms with Gasteiger partial charge in [0, 0.05) is 12.6 Å². The van der Waals surface area contributed by atoms with Crippen LogP contribution in [0.3, 0.4) is 0 Å². The molecule has 18 heavy (non-hydrogen) atoms. The Morgan fingerprint density at radius 2 is 2.28 bits per heavy atom. The molecule has 1 aliphatic carbocycles. The van der Waals surface area contributed by atoms with Gasteiger partial charge in [-0.05, 0) is 31.0 Å². The van der Waals surface area contributed by atoms with E-state index >= 15 is 0 Å². The summed E-state index contributed by atoms with van der Waals surface area (Å²) in [6, 6.07) is 7.53. The average molecular weight is 265 g/mol. The Morgan fingerprint density at radius 3 is 2.78 bits per heavy atom. The normalized spacial score (nSPS) is 14.0. The van der Waals surface area contributed by atoms with Crippen molar-refractivity contribution in [1.29, 1.82) is 5.26 Å². The second-order valence-corrected chi connectivity index (χ2v) is 4.75. The minimum atomic E-state index is -0.814. The second kappa shape index (κ2) is 5.28. The molecule has 0 radical (unpaired) electrons. The number of anilines is 1. The highest BCUT2D eigenvalue weighted by atomic mass is 35.5. The number of nitrogens with zero attached hydrogens (tertiary/aromatic N) is 2. The minimum absolute atomic E-state index is 0.0901. The number of carboxylic acids is 1. The van der Waals surface area contributed by atoms with E-state index in [1.165, 1.54) is 0 Å². The van der Waals surface area contributed by atoms with Gasteiger partial charge in [0.1, 0.15) is 0 Å². The lowest BCUT2D eigenvalue weighted by molar-refractivity contribution is -0.136. The zero-order valence-electron chi connectivity index (χ0n) is 9.77. The van der Waals surface area contributed by atoms with Crippen molar-refractivity contribution in [2.75, 3.05) is 11.4 Å². The first-order valence-corrected chi connectivity index (χ1v) is 6.17. The Morgan fingerprint density at radius 1 is 1.56 bits per heavy atom. The van der Waals surface area contributed by atoms with Gasteiger partial charge in [0.05, 0.1) is 28.8 Å². The Bertz CT molecular complexity index is 506. The number of nitriles is 1. The zero-order chi connectivity index (χ0) is 13.1. The molecule has 5 heteroatoms. The molecule has 0 amide bonds. The van der Waals surface area contributed by atoms with Gasteiger partial charge in [-0.2, -0.15) is 5.26 Å². The van der Waals surface area contributed by atoms with Crippen molar-refractivity contribution in [3.8, 4) is 6.07 Å². The summed E-state index contributed by atoms with van der Waals surface area (Å²) >= 11 is 6.15. The predicted molar refractivity (Wildman–Crippen MR) is 68.8 cm³/mol. The zero-order valence-corrected chi connectivity index (χ0v) is 10.5. The van der Waals surface area contributed by atoms with E-state index in [0.29, 0.717) is 23.2 Å². The van der Waals surface area contributed by atoms with E-state index in [1.807, 2.05) is 11.0 Å². The van der Waals surface area contributed by atoms with Gasteiger partial charge in [0.2, 0.25) is 0 Å². The first-order chi connectivity index (χ1) is 8.61. The van der Waals surface area contributed by atoms with Crippen LogP contribution >= 0.6 is 11.6 Å². The van der Waals surface area contributed by atoms with Crippen LogP contribution in [0.1, 0.15) is 24.8 Å². The minimum Gasteiger partial charge on any atom is -0.481 e. The van der Waals surface area contributed by atoms with Crippen LogP contribution in [0, 0.1) is 11.3 Å². The summed E-state index contributed by atoms with van der Waals surface area (Å²) in [5, 5.41) is 18.1. The fraction of sp³-hybridized carbons (Fsp3) is 0.385. The van der Waals surface area contributed by atoms with Crippen LogP contribution in [0.5, 0.6) is 0 Å². The quantitative estimate of drug-likeness (QED) is 0.888. The van der Waals surface area contributed by atoms with Crippen LogP contribution < -0.4 is 4.90 Å². The van der Waals surface area contributed by atoms with Gasteiger partial charge < -0.3 is 10.0 Å². The molecule has 0 atom stereocenters. The molecule has 0 aromatic heterocycles. The lowest BCUT2D eigenvalue weighted by atomic mass is 10.2. The van der Waals surface area contributed by atoms with Crippen molar-refractivity contribution in [2.24, 2.45) is 0 Å². The largest absolute Gasteiger partial charge is 0.481 e. The maximum atomic E-state index is 10.7. The molecule has 4 nitrogen and oxygen atoms in total. The topological polar surface area (TPSA) is 64.3 Å². The number of benzene rings is 1. The van der Waals surface area contributed by atoms with Crippen molar-refractivity contribution >= 4 is 23.3 Å². The third kappa shape index (κ3) is 2.93. The molecule has 1 aromatic carbocycles. The smallest absolute Gasteiger partial charge is 0.305 e. The molecule has 1 N–H and O–H groups in total. The van der Waals surface area contributed by atoms with Crippen LogP contribution in [0.15, 0.2) is 18.2 Å². The van der Waals surface area contributed by atoms with Crippen molar-refractivity contribution in [1.82, 2.24) is 0 Å². The molecule has 1 saturated carbocycles. The van der Waals surface area contributed by atoms with Gasteiger partial charge in [-0.3, -0.25) is 4.79 Å². The highest BCUT2D eigenvalue weighted by Crippen LogP contribution is 2.36. The highest BCUT2D eigenvalue weighted by Gasteiger charge is 2.30. The number of carboxylic acid groups (broad SMARTS) is 1. The standard InChI is InChI=1S/C13H13ClN2O2/c14-11-7-9(8-15)1-4-12(11)16(10-2-3-10)6-5-13(17)18/h1,4,7,10H,2-3,5-6H2,(H,17,18). The van der Waals surface area contributed by atoms with Gasteiger partial charge in [-0.25, -0.2) is 0 Å². The fourth-order valence-corrected chi connectivity index (χ4v) is 2.20. The molecule has 94 valence electrons. The summed E-state index contributed by atoms with van der Waals surface area (Å²) in [5.74, 6) is -0.814. The molecule has 0 saturated heterocycles. The molecule has 2 rings (SSSR count). The number of aliphatic carboxylic acids is 1. The van der Waals surface area contributed by atoms with E-state index in [1.54, 1.807) is 18.2 Å². The Kier molecular flexibility index (Phi) is 3.73. The summed E-state index contributed by atoms with van der Waals surface area (Å²) in [4.78, 5) is 12.7. The third-order valence-electron chi connectivity index (χ3n) is 2.94. The molecular weight excluding hydrogens is 252 g/mol. The van der Waals surface area contributed by atoms with Crippen molar-refractivity contribution in [2.45, 2.75) is 25.3 Å². The van der Waals surface area contributed by atoms with Crippen LogP contribution in [0.4, 0.5) is 5.69 Å². The summed E-state index contributed by atoms with van der Waals surface area (Å²) in [6.07, 6.45) is 2.22. The summed E-state index contributed by atoms with van der Waals surface area (Å²) in [5.41, 5.74) is 1.33. The third-order valence-corrected chi connectivity index (χ3v) is 3.24. The van der Waals surface area contributed by atoms with Crippen molar-refractivity contribution < 1.29 is 9.90 Å². The molecular formula is C13H13ClN2O2. The molecule has 0 unspecified atom stereocenters. The molecule has 0 bridgehead atoms. The first-order valence-electron chi connectivity index (χ1n) is 5.80. The average Bonchev–Trinajstić information content (AvgIpc) is 3.15. The fourth-order valence-electron chi connectivity index (χ4n) is 1.91. The van der Waals surface area contributed by atoms with E-state index in [-0.39, 0.29) is 6.42 Å². The summed E-state index contributed by atoms with van der Waals surface area (Å²) in [6.45, 7) is 0.450. The van der Waals surface area contributed by atoms with Crippen molar-refractivity contribution in [3.05, 3.63) is 28.8 Å². The molecule has 1 aromatic rings. The predicted octanol–water partition coefficient (Wildman–Crippen LogP) is 2.66. The Labute approximate surface area is 110 Å². The number of carbonyl (C=O) groups is 1.